The van der Waals surface area contributed by atoms with E-state index in [4.69, 9.17) is 23.7 Å². The van der Waals surface area contributed by atoms with Gasteiger partial charge in [0.25, 0.3) is 0 Å². The number of halogens is 1. The van der Waals surface area contributed by atoms with E-state index >= 15 is 0 Å². The van der Waals surface area contributed by atoms with Crippen LogP contribution in [0.4, 0.5) is 0 Å². The highest BCUT2D eigenvalue weighted by Gasteiger charge is 2.45. The van der Waals surface area contributed by atoms with Gasteiger partial charge in [0.1, 0.15) is 12.4 Å². The fourth-order valence-corrected chi connectivity index (χ4v) is 7.72. The lowest BCUT2D eigenvalue weighted by Gasteiger charge is -2.29. The normalized spacial score (nSPS) is 37.5. The molecule has 3 heterocycles. The SMILES string of the molecule is O=CC(CCC(Br)[C@H]1C[C@@H]2[C@@H](C=C[C@@H](OC3CCCCO3)C3CCCC3)CC[C@H]2O1)OC1CCCCO1. The van der Waals surface area contributed by atoms with E-state index in [1.54, 1.807) is 0 Å². The molecule has 6 nitrogen and oxygen atoms in total. The van der Waals surface area contributed by atoms with Crippen molar-refractivity contribution in [1.29, 1.82) is 0 Å². The summed E-state index contributed by atoms with van der Waals surface area (Å²) < 4.78 is 30.6. The van der Waals surface area contributed by atoms with Crippen molar-refractivity contribution >= 4 is 22.2 Å². The van der Waals surface area contributed by atoms with Crippen LogP contribution in [0.1, 0.15) is 96.3 Å². The number of rotatable bonds is 12. The molecule has 0 amide bonds. The molecule has 0 aromatic heterocycles. The van der Waals surface area contributed by atoms with Gasteiger partial charge in [-0.1, -0.05) is 40.9 Å². The lowest BCUT2D eigenvalue weighted by Crippen LogP contribution is -2.30. The predicted molar refractivity (Wildman–Crippen MR) is 146 cm³/mol. The summed E-state index contributed by atoms with van der Waals surface area (Å²) in [5.74, 6) is 1.76. The molecular weight excluding hydrogens is 536 g/mol. The largest absolute Gasteiger partial charge is 0.374 e. The Kier molecular flexibility index (Phi) is 11.0. The van der Waals surface area contributed by atoms with E-state index in [1.165, 1.54) is 38.5 Å². The average molecular weight is 584 g/mol. The molecule has 0 aromatic rings. The van der Waals surface area contributed by atoms with Crippen molar-refractivity contribution in [2.45, 2.75) is 138 Å². The molecule has 5 fully saturated rings. The van der Waals surface area contributed by atoms with Crippen LogP contribution < -0.4 is 0 Å². The van der Waals surface area contributed by atoms with Gasteiger partial charge in [-0.3, -0.25) is 0 Å². The number of hydrogen-bond acceptors (Lipinski definition) is 6. The van der Waals surface area contributed by atoms with Crippen LogP contribution in [-0.2, 0) is 28.5 Å². The molecule has 2 aliphatic carbocycles. The minimum Gasteiger partial charge on any atom is -0.374 e. The zero-order valence-corrected chi connectivity index (χ0v) is 23.9. The summed E-state index contributed by atoms with van der Waals surface area (Å²) in [6, 6.07) is 0. The van der Waals surface area contributed by atoms with Gasteiger partial charge in [0.15, 0.2) is 12.6 Å². The van der Waals surface area contributed by atoms with Crippen LogP contribution in [0, 0.1) is 17.8 Å². The number of ether oxygens (including phenoxy) is 5. The van der Waals surface area contributed by atoms with Gasteiger partial charge in [-0.2, -0.15) is 0 Å². The third-order valence-corrected chi connectivity index (χ3v) is 10.3. The van der Waals surface area contributed by atoms with E-state index in [0.29, 0.717) is 30.3 Å². The Morgan fingerprint density at radius 3 is 2.22 bits per heavy atom. The molecule has 210 valence electrons. The molecule has 0 N–H and O–H groups in total. The maximum Gasteiger partial charge on any atom is 0.158 e. The van der Waals surface area contributed by atoms with E-state index in [9.17, 15) is 4.79 Å². The van der Waals surface area contributed by atoms with E-state index in [-0.39, 0.29) is 29.6 Å². The van der Waals surface area contributed by atoms with Gasteiger partial charge in [0.2, 0.25) is 0 Å². The van der Waals surface area contributed by atoms with Crippen molar-refractivity contribution in [3.05, 3.63) is 12.2 Å². The number of allylic oxidation sites excluding steroid dienone is 1. The van der Waals surface area contributed by atoms with Crippen molar-refractivity contribution in [3.8, 4) is 0 Å². The highest BCUT2D eigenvalue weighted by molar-refractivity contribution is 9.09. The van der Waals surface area contributed by atoms with Gasteiger partial charge in [-0.15, -0.1) is 0 Å². The Morgan fingerprint density at radius 2 is 1.54 bits per heavy atom. The van der Waals surface area contributed by atoms with E-state index in [0.717, 1.165) is 70.9 Å². The molecule has 2 saturated carbocycles. The molecular formula is C30H47BrO6. The second-order valence-corrected chi connectivity index (χ2v) is 13.1. The molecule has 37 heavy (non-hydrogen) atoms. The molecule has 0 aromatic carbocycles. The molecule has 7 heteroatoms. The van der Waals surface area contributed by atoms with Crippen LogP contribution in [0.2, 0.25) is 0 Å². The second-order valence-electron chi connectivity index (χ2n) is 11.9. The van der Waals surface area contributed by atoms with Gasteiger partial charge >= 0.3 is 0 Å². The van der Waals surface area contributed by atoms with E-state index < -0.39 is 6.10 Å². The Labute approximate surface area is 231 Å². The van der Waals surface area contributed by atoms with Crippen molar-refractivity contribution in [3.63, 3.8) is 0 Å². The lowest BCUT2D eigenvalue weighted by molar-refractivity contribution is -0.187. The van der Waals surface area contributed by atoms with Gasteiger partial charge < -0.3 is 28.5 Å². The number of hydrogen-bond donors (Lipinski definition) is 0. The lowest BCUT2D eigenvalue weighted by atomic mass is 9.89. The molecule has 3 saturated heterocycles. The van der Waals surface area contributed by atoms with Crippen LogP contribution in [0.5, 0.6) is 0 Å². The highest BCUT2D eigenvalue weighted by Crippen LogP contribution is 2.46. The van der Waals surface area contributed by atoms with Gasteiger partial charge in [-0.05, 0) is 101 Å². The second kappa shape index (κ2) is 14.4. The van der Waals surface area contributed by atoms with Gasteiger partial charge in [0, 0.05) is 18.0 Å². The number of fused-ring (bicyclic) bond motifs is 1. The number of carbonyl (C=O) groups excluding carboxylic acids is 1. The maximum absolute atomic E-state index is 11.6. The molecule has 4 unspecified atom stereocenters. The van der Waals surface area contributed by atoms with Crippen molar-refractivity contribution in [1.82, 2.24) is 0 Å². The topological polar surface area (TPSA) is 63.2 Å². The monoisotopic (exact) mass is 582 g/mol. The predicted octanol–water partition coefficient (Wildman–Crippen LogP) is 6.48. The molecule has 3 aliphatic heterocycles. The Balaban J connectivity index is 1.10. The average Bonchev–Trinajstić information content (AvgIpc) is 3.69. The number of alkyl halides is 1. The minimum atomic E-state index is -0.402. The first kappa shape index (κ1) is 28.2. The van der Waals surface area contributed by atoms with E-state index in [1.807, 2.05) is 0 Å². The molecule has 0 spiro atoms. The zero-order valence-electron chi connectivity index (χ0n) is 22.4. The highest BCUT2D eigenvalue weighted by atomic mass is 79.9. The van der Waals surface area contributed by atoms with E-state index in [2.05, 4.69) is 28.1 Å². The fourth-order valence-electron chi connectivity index (χ4n) is 7.11. The molecule has 9 atom stereocenters. The molecule has 0 radical (unpaired) electrons. The first-order valence-electron chi connectivity index (χ1n) is 15.2. The number of carbonyl (C=O) groups is 1. The summed E-state index contributed by atoms with van der Waals surface area (Å²) >= 11 is 3.90. The van der Waals surface area contributed by atoms with Crippen molar-refractivity contribution < 1.29 is 28.5 Å². The van der Waals surface area contributed by atoms with Crippen molar-refractivity contribution in [2.75, 3.05) is 13.2 Å². The molecule has 0 bridgehead atoms. The first-order valence-corrected chi connectivity index (χ1v) is 16.1. The fraction of sp³-hybridized carbons (Fsp3) is 0.900. The quantitative estimate of drug-likeness (QED) is 0.149. The summed E-state index contributed by atoms with van der Waals surface area (Å²) in [5.41, 5.74) is 0. The van der Waals surface area contributed by atoms with Crippen LogP contribution >= 0.6 is 15.9 Å². The maximum atomic E-state index is 11.6. The Morgan fingerprint density at radius 1 is 0.838 bits per heavy atom. The molecule has 5 rings (SSSR count). The molecule has 5 aliphatic rings. The zero-order chi connectivity index (χ0) is 25.5. The summed E-state index contributed by atoms with van der Waals surface area (Å²) in [4.78, 5) is 11.8. The Bertz CT molecular complexity index is 715. The smallest absolute Gasteiger partial charge is 0.158 e. The summed E-state index contributed by atoms with van der Waals surface area (Å²) in [6.45, 7) is 1.56. The summed E-state index contributed by atoms with van der Waals surface area (Å²) in [7, 11) is 0. The Hall–Kier alpha value is -0.310. The van der Waals surface area contributed by atoms with Crippen LogP contribution in [0.15, 0.2) is 12.2 Å². The van der Waals surface area contributed by atoms with Crippen LogP contribution in [0.3, 0.4) is 0 Å². The van der Waals surface area contributed by atoms with Gasteiger partial charge in [0.05, 0.1) is 18.3 Å². The van der Waals surface area contributed by atoms with Crippen LogP contribution in [0.25, 0.3) is 0 Å². The minimum absolute atomic E-state index is 0.0301. The summed E-state index contributed by atoms with van der Waals surface area (Å²) in [5, 5.41) is 0. The third kappa shape index (κ3) is 7.88. The summed E-state index contributed by atoms with van der Waals surface area (Å²) in [6.07, 6.45) is 22.5. The van der Waals surface area contributed by atoms with Gasteiger partial charge in [-0.25, -0.2) is 0 Å². The third-order valence-electron chi connectivity index (χ3n) is 9.27. The number of aldehydes is 1. The first-order chi connectivity index (χ1) is 18.2. The van der Waals surface area contributed by atoms with Crippen LogP contribution in [-0.4, -0.2) is 61.3 Å². The standard InChI is InChI=1S/C30H47BrO6/c31-25(14-13-23(20-32)35-29-9-3-5-17-33-29)28-19-24-21(12-16-27(24)36-28)11-15-26(22-7-1-2-8-22)37-30-10-4-6-18-34-30/h11,15,20-30H,1-10,12-14,16-19H2/t21-,23?,24+,25?,26+,27+,28+,29?,30?/m0/s1. The van der Waals surface area contributed by atoms with Crippen molar-refractivity contribution in [2.24, 2.45) is 17.8 Å².